The van der Waals surface area contributed by atoms with Crippen LogP contribution in [0.2, 0.25) is 0 Å². The summed E-state index contributed by atoms with van der Waals surface area (Å²) in [5, 5.41) is 0.951. The van der Waals surface area contributed by atoms with Crippen LogP contribution in [0.3, 0.4) is 0 Å². The fourth-order valence-electron chi connectivity index (χ4n) is 2.28. The fourth-order valence-corrected chi connectivity index (χ4v) is 2.28. The molecule has 88 valence electrons. The van der Waals surface area contributed by atoms with Gasteiger partial charge in [0.15, 0.2) is 0 Å². The third-order valence-electron chi connectivity index (χ3n) is 3.21. The summed E-state index contributed by atoms with van der Waals surface area (Å²) in [6.45, 7) is 4.14. The molecule has 2 aromatic rings. The number of hydrogen-bond acceptors (Lipinski definition) is 3. The first-order chi connectivity index (χ1) is 8.05. The standard InChI is InChI=1S/C14H14O3/c1-14(2)8-7-10-11(17-14)5-3-9-4-6-12(15)16-13(9)10/h3-6H,7-8H2,1-2H3. The Morgan fingerprint density at radius 1 is 1.18 bits per heavy atom. The van der Waals surface area contributed by atoms with Gasteiger partial charge in [-0.3, -0.25) is 0 Å². The van der Waals surface area contributed by atoms with E-state index in [0.717, 1.165) is 29.5 Å². The maximum atomic E-state index is 11.3. The van der Waals surface area contributed by atoms with Gasteiger partial charge in [0.1, 0.15) is 16.9 Å². The van der Waals surface area contributed by atoms with Crippen molar-refractivity contribution in [2.75, 3.05) is 0 Å². The van der Waals surface area contributed by atoms with Crippen molar-refractivity contribution in [3.8, 4) is 5.75 Å². The topological polar surface area (TPSA) is 39.4 Å². The lowest BCUT2D eigenvalue weighted by atomic mass is 9.93. The highest BCUT2D eigenvalue weighted by Gasteiger charge is 2.28. The van der Waals surface area contributed by atoms with Crippen LogP contribution < -0.4 is 10.4 Å². The van der Waals surface area contributed by atoms with Crippen LogP contribution >= 0.6 is 0 Å². The van der Waals surface area contributed by atoms with Gasteiger partial charge in [0, 0.05) is 17.0 Å². The molecule has 0 unspecified atom stereocenters. The molecule has 0 bridgehead atoms. The van der Waals surface area contributed by atoms with E-state index in [1.165, 1.54) is 6.07 Å². The highest BCUT2D eigenvalue weighted by atomic mass is 16.5. The van der Waals surface area contributed by atoms with Crippen LogP contribution in [0, 0.1) is 0 Å². The minimum atomic E-state index is -0.310. The van der Waals surface area contributed by atoms with E-state index in [4.69, 9.17) is 9.15 Å². The van der Waals surface area contributed by atoms with Crippen molar-refractivity contribution in [2.24, 2.45) is 0 Å². The number of rotatable bonds is 0. The van der Waals surface area contributed by atoms with Gasteiger partial charge in [-0.1, -0.05) is 0 Å². The van der Waals surface area contributed by atoms with Crippen LogP contribution in [0.1, 0.15) is 25.8 Å². The Morgan fingerprint density at radius 2 is 1.94 bits per heavy atom. The first kappa shape index (κ1) is 10.4. The van der Waals surface area contributed by atoms with Crippen molar-refractivity contribution in [2.45, 2.75) is 32.3 Å². The molecule has 3 heteroatoms. The Hall–Kier alpha value is -1.77. The Balaban J connectivity index is 2.26. The predicted molar refractivity (Wildman–Crippen MR) is 65.5 cm³/mol. The molecule has 0 atom stereocenters. The smallest absolute Gasteiger partial charge is 0.336 e. The molecule has 0 amide bonds. The summed E-state index contributed by atoms with van der Waals surface area (Å²) in [4.78, 5) is 11.3. The van der Waals surface area contributed by atoms with Crippen molar-refractivity contribution in [3.05, 3.63) is 40.2 Å². The van der Waals surface area contributed by atoms with Crippen LogP contribution in [0.5, 0.6) is 5.75 Å². The van der Waals surface area contributed by atoms with Crippen molar-refractivity contribution >= 4 is 11.0 Å². The largest absolute Gasteiger partial charge is 0.487 e. The lowest BCUT2D eigenvalue weighted by Gasteiger charge is -2.32. The Bertz CT molecular complexity index is 637. The first-order valence-corrected chi connectivity index (χ1v) is 5.80. The lowest BCUT2D eigenvalue weighted by molar-refractivity contribution is 0.0849. The molecule has 3 nitrogen and oxygen atoms in total. The number of aryl methyl sites for hydroxylation is 1. The van der Waals surface area contributed by atoms with E-state index in [1.54, 1.807) is 6.07 Å². The summed E-state index contributed by atoms with van der Waals surface area (Å²) in [7, 11) is 0. The minimum absolute atomic E-state index is 0.143. The van der Waals surface area contributed by atoms with Gasteiger partial charge in [-0.2, -0.15) is 0 Å². The van der Waals surface area contributed by atoms with Gasteiger partial charge in [0.05, 0.1) is 0 Å². The number of hydrogen-bond donors (Lipinski definition) is 0. The molecule has 1 aliphatic heterocycles. The Kier molecular flexibility index (Phi) is 2.05. The van der Waals surface area contributed by atoms with Crippen LogP contribution in [0.4, 0.5) is 0 Å². The molecule has 0 saturated carbocycles. The second-order valence-electron chi connectivity index (χ2n) is 5.08. The highest BCUT2D eigenvalue weighted by Crippen LogP contribution is 2.36. The lowest BCUT2D eigenvalue weighted by Crippen LogP contribution is -2.32. The third-order valence-corrected chi connectivity index (χ3v) is 3.21. The van der Waals surface area contributed by atoms with E-state index in [9.17, 15) is 4.79 Å². The van der Waals surface area contributed by atoms with E-state index in [2.05, 4.69) is 13.8 Å². The predicted octanol–water partition coefficient (Wildman–Crippen LogP) is 2.90. The van der Waals surface area contributed by atoms with E-state index >= 15 is 0 Å². The molecule has 0 radical (unpaired) electrons. The fraction of sp³-hybridized carbons (Fsp3) is 0.357. The van der Waals surface area contributed by atoms with E-state index in [1.807, 2.05) is 12.1 Å². The monoisotopic (exact) mass is 230 g/mol. The maximum absolute atomic E-state index is 11.3. The van der Waals surface area contributed by atoms with Gasteiger partial charge < -0.3 is 9.15 Å². The number of benzene rings is 1. The van der Waals surface area contributed by atoms with Crippen LogP contribution in [0.25, 0.3) is 11.0 Å². The zero-order valence-corrected chi connectivity index (χ0v) is 9.95. The van der Waals surface area contributed by atoms with Crippen molar-refractivity contribution in [1.82, 2.24) is 0 Å². The molecular formula is C14H14O3. The molecule has 17 heavy (non-hydrogen) atoms. The van der Waals surface area contributed by atoms with Gasteiger partial charge in [-0.15, -0.1) is 0 Å². The summed E-state index contributed by atoms with van der Waals surface area (Å²) >= 11 is 0. The van der Waals surface area contributed by atoms with Crippen LogP contribution in [-0.4, -0.2) is 5.60 Å². The Labute approximate surface area is 99.0 Å². The molecule has 1 aromatic heterocycles. The average Bonchev–Trinajstić information content (AvgIpc) is 2.27. The summed E-state index contributed by atoms with van der Waals surface area (Å²) in [5.74, 6) is 0.836. The minimum Gasteiger partial charge on any atom is -0.487 e. The van der Waals surface area contributed by atoms with Crippen LogP contribution in [0.15, 0.2) is 33.5 Å². The molecule has 3 rings (SSSR count). The summed E-state index contributed by atoms with van der Waals surface area (Å²) in [6, 6.07) is 7.13. The zero-order valence-electron chi connectivity index (χ0n) is 9.95. The van der Waals surface area contributed by atoms with Crippen LogP contribution in [-0.2, 0) is 6.42 Å². The quantitative estimate of drug-likeness (QED) is 0.653. The van der Waals surface area contributed by atoms with Gasteiger partial charge in [-0.05, 0) is 44.9 Å². The molecule has 0 aliphatic carbocycles. The highest BCUT2D eigenvalue weighted by molar-refractivity contribution is 5.82. The van der Waals surface area contributed by atoms with Crippen molar-refractivity contribution in [3.63, 3.8) is 0 Å². The summed E-state index contributed by atoms with van der Waals surface area (Å²) < 4.78 is 11.2. The van der Waals surface area contributed by atoms with E-state index < -0.39 is 0 Å². The van der Waals surface area contributed by atoms with Gasteiger partial charge in [0.2, 0.25) is 0 Å². The van der Waals surface area contributed by atoms with Gasteiger partial charge in [0.25, 0.3) is 0 Å². The number of fused-ring (bicyclic) bond motifs is 3. The SMILES string of the molecule is CC1(C)CCc2c(ccc3ccc(=O)oc23)O1. The van der Waals surface area contributed by atoms with Crippen molar-refractivity contribution in [1.29, 1.82) is 0 Å². The average molecular weight is 230 g/mol. The number of ether oxygens (including phenoxy) is 1. The Morgan fingerprint density at radius 3 is 2.76 bits per heavy atom. The molecule has 0 fully saturated rings. The second kappa shape index (κ2) is 3.36. The molecule has 1 aliphatic rings. The molecule has 1 aromatic carbocycles. The summed E-state index contributed by atoms with van der Waals surface area (Å²) in [5.41, 5.74) is 1.23. The third kappa shape index (κ3) is 1.71. The molecule has 0 spiro atoms. The van der Waals surface area contributed by atoms with Crippen molar-refractivity contribution < 1.29 is 9.15 Å². The van der Waals surface area contributed by atoms with Gasteiger partial charge in [-0.25, -0.2) is 4.79 Å². The normalized spacial score (nSPS) is 17.5. The summed E-state index contributed by atoms with van der Waals surface area (Å²) in [6.07, 6.45) is 1.81. The molecular weight excluding hydrogens is 216 g/mol. The molecule has 2 heterocycles. The first-order valence-electron chi connectivity index (χ1n) is 5.80. The maximum Gasteiger partial charge on any atom is 0.336 e. The molecule has 0 saturated heterocycles. The second-order valence-corrected chi connectivity index (χ2v) is 5.08. The molecule has 0 N–H and O–H groups in total. The van der Waals surface area contributed by atoms with E-state index in [0.29, 0.717) is 5.58 Å². The zero-order chi connectivity index (χ0) is 12.0. The van der Waals surface area contributed by atoms with E-state index in [-0.39, 0.29) is 11.2 Å². The van der Waals surface area contributed by atoms with Gasteiger partial charge >= 0.3 is 5.63 Å².